The highest BCUT2D eigenvalue weighted by atomic mass is 35.5. The maximum absolute atomic E-state index is 11.6. The second-order valence-corrected chi connectivity index (χ2v) is 3.53. The molecule has 0 amide bonds. The fourth-order valence-corrected chi connectivity index (χ4v) is 1.44. The van der Waals surface area contributed by atoms with E-state index >= 15 is 0 Å². The van der Waals surface area contributed by atoms with E-state index in [9.17, 15) is 4.79 Å². The van der Waals surface area contributed by atoms with E-state index in [-0.39, 0.29) is 0 Å². The molecule has 0 atom stereocenters. The van der Waals surface area contributed by atoms with E-state index in [1.54, 1.807) is 31.2 Å². The van der Waals surface area contributed by atoms with Crippen LogP contribution < -0.4 is 11.5 Å². The van der Waals surface area contributed by atoms with E-state index in [2.05, 4.69) is 5.10 Å². The Morgan fingerprint density at radius 1 is 1.47 bits per heavy atom. The fourth-order valence-electron chi connectivity index (χ4n) is 1.25. The van der Waals surface area contributed by atoms with Crippen LogP contribution in [0.2, 0.25) is 5.02 Å². The topological polar surface area (TPSA) is 65.8 Å². The van der Waals surface area contributed by atoms with E-state index < -0.39 is 5.69 Å². The molecule has 1 aromatic carbocycles. The van der Waals surface area contributed by atoms with E-state index in [0.717, 1.165) is 4.68 Å². The zero-order valence-corrected chi connectivity index (χ0v) is 8.77. The number of hydrogen-bond acceptors (Lipinski definition) is 3. The number of benzene rings is 1. The van der Waals surface area contributed by atoms with Crippen LogP contribution in [0.25, 0.3) is 5.69 Å². The van der Waals surface area contributed by atoms with Crippen LogP contribution in [0.5, 0.6) is 0 Å². The normalized spacial score (nSPS) is 10.5. The minimum absolute atomic E-state index is 0.394. The molecule has 0 radical (unpaired) electrons. The first-order valence-electron chi connectivity index (χ1n) is 4.29. The van der Waals surface area contributed by atoms with Crippen molar-refractivity contribution in [3.05, 3.63) is 45.6 Å². The number of nitrogens with zero attached hydrogens (tertiary/aromatic N) is 3. The Morgan fingerprint density at radius 3 is 2.73 bits per heavy atom. The molecule has 0 saturated heterocycles. The lowest BCUT2D eigenvalue weighted by molar-refractivity contribution is 0.820. The van der Waals surface area contributed by atoms with Crippen LogP contribution in [-0.2, 0) is 0 Å². The number of aromatic nitrogens is 3. The Labute approximate surface area is 90.7 Å². The van der Waals surface area contributed by atoms with Gasteiger partial charge in [-0.1, -0.05) is 17.7 Å². The van der Waals surface area contributed by atoms with Crippen LogP contribution in [-0.4, -0.2) is 14.5 Å². The van der Waals surface area contributed by atoms with E-state index in [0.29, 0.717) is 16.5 Å². The fraction of sp³-hybridized carbons (Fsp3) is 0.111. The lowest BCUT2D eigenvalue weighted by atomic mass is 10.3. The third-order valence-corrected chi connectivity index (χ3v) is 2.27. The first kappa shape index (κ1) is 9.79. The molecule has 2 N–H and O–H groups in total. The van der Waals surface area contributed by atoms with Crippen molar-refractivity contribution in [1.29, 1.82) is 0 Å². The summed E-state index contributed by atoms with van der Waals surface area (Å²) >= 11 is 5.81. The molecule has 6 heteroatoms. The van der Waals surface area contributed by atoms with Gasteiger partial charge in [0.1, 0.15) is 0 Å². The highest BCUT2D eigenvalue weighted by Gasteiger charge is 2.08. The summed E-state index contributed by atoms with van der Waals surface area (Å²) < 4.78 is 2.20. The molecule has 2 rings (SSSR count). The average Bonchev–Trinajstić information content (AvgIpc) is 2.46. The van der Waals surface area contributed by atoms with Crippen molar-refractivity contribution in [2.24, 2.45) is 0 Å². The molecule has 0 aliphatic rings. The van der Waals surface area contributed by atoms with Crippen molar-refractivity contribution >= 4 is 11.6 Å². The molecule has 0 aliphatic heterocycles. The zero-order valence-electron chi connectivity index (χ0n) is 8.01. The molecule has 15 heavy (non-hydrogen) atoms. The van der Waals surface area contributed by atoms with E-state index in [1.165, 1.54) is 4.68 Å². The Morgan fingerprint density at radius 2 is 2.20 bits per heavy atom. The van der Waals surface area contributed by atoms with Gasteiger partial charge in [-0.15, -0.1) is 5.10 Å². The molecule has 0 aliphatic carbocycles. The number of rotatable bonds is 1. The van der Waals surface area contributed by atoms with Gasteiger partial charge in [-0.05, 0) is 25.1 Å². The Kier molecular flexibility index (Phi) is 2.24. The summed E-state index contributed by atoms with van der Waals surface area (Å²) in [4.78, 5) is 11.6. The monoisotopic (exact) mass is 224 g/mol. The summed E-state index contributed by atoms with van der Waals surface area (Å²) in [7, 11) is 0. The van der Waals surface area contributed by atoms with Crippen LogP contribution in [0, 0.1) is 6.92 Å². The van der Waals surface area contributed by atoms with Crippen molar-refractivity contribution in [2.45, 2.75) is 6.92 Å². The molecular formula is C9H9ClN4O. The quantitative estimate of drug-likeness (QED) is 0.726. The molecule has 0 unspecified atom stereocenters. The summed E-state index contributed by atoms with van der Waals surface area (Å²) in [5.41, 5.74) is 0.203. The minimum Gasteiger partial charge on any atom is -0.333 e. The highest BCUT2D eigenvalue weighted by Crippen LogP contribution is 2.12. The van der Waals surface area contributed by atoms with Crippen molar-refractivity contribution in [3.8, 4) is 5.69 Å². The van der Waals surface area contributed by atoms with Gasteiger partial charge >= 0.3 is 5.69 Å². The number of halogens is 1. The first-order valence-corrected chi connectivity index (χ1v) is 4.67. The summed E-state index contributed by atoms with van der Waals surface area (Å²) in [6, 6.07) is 6.85. The SMILES string of the molecule is Cc1nn(-c2cccc(Cl)c2)c(=O)n1N. The molecule has 0 fully saturated rings. The molecule has 1 heterocycles. The predicted octanol–water partition coefficient (Wildman–Crippen LogP) is 0.710. The first-order chi connectivity index (χ1) is 7.09. The molecule has 0 saturated carbocycles. The molecule has 1 aromatic heterocycles. The van der Waals surface area contributed by atoms with Gasteiger partial charge in [-0.25, -0.2) is 4.79 Å². The van der Waals surface area contributed by atoms with Gasteiger partial charge in [0.15, 0.2) is 5.82 Å². The molecule has 0 bridgehead atoms. The van der Waals surface area contributed by atoms with Crippen LogP contribution in [0.1, 0.15) is 5.82 Å². The number of aryl methyl sites for hydroxylation is 1. The van der Waals surface area contributed by atoms with Gasteiger partial charge in [0.2, 0.25) is 0 Å². The zero-order chi connectivity index (χ0) is 11.0. The predicted molar refractivity (Wildman–Crippen MR) is 57.7 cm³/mol. The smallest absolute Gasteiger partial charge is 0.333 e. The van der Waals surface area contributed by atoms with Crippen molar-refractivity contribution in [1.82, 2.24) is 14.5 Å². The Hall–Kier alpha value is -1.75. The molecule has 78 valence electrons. The van der Waals surface area contributed by atoms with Gasteiger partial charge in [-0.2, -0.15) is 9.36 Å². The van der Waals surface area contributed by atoms with Gasteiger partial charge in [0, 0.05) is 5.02 Å². The second kappa shape index (κ2) is 3.43. The lowest BCUT2D eigenvalue weighted by Gasteiger charge is -1.98. The average molecular weight is 225 g/mol. The number of nitrogens with two attached hydrogens (primary N) is 1. The van der Waals surface area contributed by atoms with Gasteiger partial charge < -0.3 is 5.84 Å². The summed E-state index contributed by atoms with van der Waals surface area (Å²) in [5.74, 6) is 5.91. The lowest BCUT2D eigenvalue weighted by Crippen LogP contribution is -2.29. The largest absolute Gasteiger partial charge is 0.369 e. The number of nitrogen functional groups attached to an aromatic ring is 1. The van der Waals surface area contributed by atoms with E-state index in [4.69, 9.17) is 17.4 Å². The third kappa shape index (κ3) is 1.61. The maximum Gasteiger partial charge on any atom is 0.369 e. The molecule has 5 nitrogen and oxygen atoms in total. The van der Waals surface area contributed by atoms with Crippen molar-refractivity contribution < 1.29 is 0 Å². The van der Waals surface area contributed by atoms with Crippen molar-refractivity contribution in [2.75, 3.05) is 5.84 Å². The second-order valence-electron chi connectivity index (χ2n) is 3.09. The standard InChI is InChI=1S/C9H9ClN4O/c1-6-12-14(9(15)13(6)11)8-4-2-3-7(10)5-8/h2-5H,11H2,1H3. The molecule has 2 aromatic rings. The summed E-state index contributed by atoms with van der Waals surface area (Å²) in [6.45, 7) is 1.66. The maximum atomic E-state index is 11.6. The van der Waals surface area contributed by atoms with Gasteiger partial charge in [0.05, 0.1) is 5.69 Å². The minimum atomic E-state index is -0.394. The van der Waals surface area contributed by atoms with Crippen LogP contribution in [0.4, 0.5) is 0 Å². The Balaban J connectivity index is 2.64. The van der Waals surface area contributed by atoms with Gasteiger partial charge in [0.25, 0.3) is 0 Å². The van der Waals surface area contributed by atoms with E-state index in [1.807, 2.05) is 0 Å². The molecular weight excluding hydrogens is 216 g/mol. The Bertz CT molecular complexity index is 557. The summed E-state index contributed by atoms with van der Waals surface area (Å²) in [6.07, 6.45) is 0. The molecule has 0 spiro atoms. The van der Waals surface area contributed by atoms with Crippen LogP contribution in [0.15, 0.2) is 29.1 Å². The third-order valence-electron chi connectivity index (χ3n) is 2.03. The number of hydrogen-bond donors (Lipinski definition) is 1. The van der Waals surface area contributed by atoms with Crippen LogP contribution >= 0.6 is 11.6 Å². The van der Waals surface area contributed by atoms with Gasteiger partial charge in [-0.3, -0.25) is 0 Å². The van der Waals surface area contributed by atoms with Crippen LogP contribution in [0.3, 0.4) is 0 Å². The van der Waals surface area contributed by atoms with Crippen molar-refractivity contribution in [3.63, 3.8) is 0 Å². The summed E-state index contributed by atoms with van der Waals surface area (Å²) in [5, 5.41) is 4.55. The highest BCUT2D eigenvalue weighted by molar-refractivity contribution is 6.30.